The Kier molecular flexibility index (Phi) is 5.70. The van der Waals surface area contributed by atoms with Crippen LogP contribution in [0, 0.1) is 11.3 Å². The third-order valence-corrected chi connectivity index (χ3v) is 4.87. The van der Waals surface area contributed by atoms with Gasteiger partial charge in [0.25, 0.3) is 5.91 Å². The zero-order valence-electron chi connectivity index (χ0n) is 15.5. The van der Waals surface area contributed by atoms with Crippen LogP contribution in [0.3, 0.4) is 0 Å². The van der Waals surface area contributed by atoms with E-state index in [4.69, 9.17) is 5.26 Å². The minimum atomic E-state index is 0.0177. The van der Waals surface area contributed by atoms with Gasteiger partial charge >= 0.3 is 0 Å². The molecule has 1 amide bonds. The number of hydrogen-bond donors (Lipinski definition) is 0. The summed E-state index contributed by atoms with van der Waals surface area (Å²) < 4.78 is 0. The molecule has 0 saturated carbocycles. The van der Waals surface area contributed by atoms with Gasteiger partial charge in [-0.2, -0.15) is 5.26 Å². The lowest BCUT2D eigenvalue weighted by Crippen LogP contribution is -2.38. The third kappa shape index (κ3) is 4.12. The molecule has 4 heteroatoms. The van der Waals surface area contributed by atoms with Crippen LogP contribution in [0.1, 0.15) is 52.4 Å². The fourth-order valence-electron chi connectivity index (χ4n) is 3.62. The highest BCUT2D eigenvalue weighted by Gasteiger charge is 2.28. The van der Waals surface area contributed by atoms with Gasteiger partial charge in [0, 0.05) is 18.7 Å². The van der Waals surface area contributed by atoms with Crippen molar-refractivity contribution in [3.63, 3.8) is 0 Å². The maximum absolute atomic E-state index is 13.1. The molecule has 0 spiro atoms. The lowest BCUT2D eigenvalue weighted by Gasteiger charge is -2.36. The predicted molar refractivity (Wildman–Crippen MR) is 103 cm³/mol. The summed E-state index contributed by atoms with van der Waals surface area (Å²) in [6.45, 7) is 1.67. The van der Waals surface area contributed by atoms with Crippen molar-refractivity contribution >= 4 is 5.91 Å². The number of carbonyl (C=O) groups excluding carboxylic acids is 1. The average molecular weight is 347 g/mol. The number of hydrogen-bond acceptors (Lipinski definition) is 3. The van der Waals surface area contributed by atoms with Crippen LogP contribution >= 0.6 is 0 Å². The quantitative estimate of drug-likeness (QED) is 0.840. The third-order valence-electron chi connectivity index (χ3n) is 4.87. The Bertz CT molecular complexity index is 805. The van der Waals surface area contributed by atoms with Crippen molar-refractivity contribution in [3.05, 3.63) is 70.8 Å². The standard InChI is InChI=1S/C22H25N3O/c1-24(2)16-17-9-11-19(12-10-17)21-8-3-4-13-25(21)22(26)20-7-5-6-18(14-20)15-23/h5-7,9-12,14,21H,3-4,8,13,16H2,1-2H3/t21-/m1/s1. The van der Waals surface area contributed by atoms with Crippen LogP contribution in [-0.4, -0.2) is 36.3 Å². The fraction of sp³-hybridized carbons (Fsp3) is 0.364. The van der Waals surface area contributed by atoms with Gasteiger partial charge in [-0.3, -0.25) is 4.79 Å². The first-order valence-electron chi connectivity index (χ1n) is 9.13. The molecule has 1 aliphatic rings. The molecule has 0 radical (unpaired) electrons. The van der Waals surface area contributed by atoms with Gasteiger partial charge in [0.2, 0.25) is 0 Å². The van der Waals surface area contributed by atoms with Crippen LogP contribution < -0.4 is 0 Å². The first-order chi connectivity index (χ1) is 12.6. The molecule has 3 rings (SSSR count). The number of piperidine rings is 1. The normalized spacial score (nSPS) is 17.2. The molecule has 1 heterocycles. The van der Waals surface area contributed by atoms with E-state index in [0.717, 1.165) is 32.4 Å². The molecule has 1 fully saturated rings. The summed E-state index contributed by atoms with van der Waals surface area (Å²) in [4.78, 5) is 17.2. The Labute approximate surface area is 155 Å². The number of likely N-dealkylation sites (tertiary alicyclic amines) is 1. The molecule has 134 valence electrons. The summed E-state index contributed by atoms with van der Waals surface area (Å²) in [6.07, 6.45) is 3.14. The summed E-state index contributed by atoms with van der Waals surface area (Å²) in [5, 5.41) is 9.09. The molecule has 4 nitrogen and oxygen atoms in total. The van der Waals surface area contributed by atoms with Crippen LogP contribution in [0.25, 0.3) is 0 Å². The molecule has 2 aromatic carbocycles. The van der Waals surface area contributed by atoms with Crippen molar-refractivity contribution in [1.82, 2.24) is 9.80 Å². The second kappa shape index (κ2) is 8.16. The van der Waals surface area contributed by atoms with Gasteiger partial charge in [0.1, 0.15) is 0 Å². The van der Waals surface area contributed by atoms with Gasteiger partial charge in [0.05, 0.1) is 17.7 Å². The van der Waals surface area contributed by atoms with E-state index in [2.05, 4.69) is 49.3 Å². The van der Waals surface area contributed by atoms with Gasteiger partial charge in [0.15, 0.2) is 0 Å². The summed E-state index contributed by atoms with van der Waals surface area (Å²) in [5.74, 6) is 0.0177. The largest absolute Gasteiger partial charge is 0.332 e. The van der Waals surface area contributed by atoms with Crippen LogP contribution in [0.15, 0.2) is 48.5 Å². The molecular weight excluding hydrogens is 322 g/mol. The minimum Gasteiger partial charge on any atom is -0.332 e. The summed E-state index contributed by atoms with van der Waals surface area (Å²) in [6, 6.07) is 17.8. The van der Waals surface area contributed by atoms with Crippen molar-refractivity contribution in [2.75, 3.05) is 20.6 Å². The Morgan fingerprint density at radius 2 is 1.96 bits per heavy atom. The van der Waals surface area contributed by atoms with E-state index < -0.39 is 0 Å². The number of amides is 1. The maximum atomic E-state index is 13.1. The smallest absolute Gasteiger partial charge is 0.254 e. The minimum absolute atomic E-state index is 0.0177. The van der Waals surface area contributed by atoms with Gasteiger partial charge in [-0.1, -0.05) is 30.3 Å². The first kappa shape index (κ1) is 18.2. The molecule has 1 saturated heterocycles. The number of rotatable bonds is 4. The second-order valence-corrected chi connectivity index (χ2v) is 7.18. The number of carbonyl (C=O) groups is 1. The lowest BCUT2D eigenvalue weighted by molar-refractivity contribution is 0.0611. The fourth-order valence-corrected chi connectivity index (χ4v) is 3.62. The van der Waals surface area contributed by atoms with Crippen LogP contribution in [0.2, 0.25) is 0 Å². The Hall–Kier alpha value is -2.64. The number of nitriles is 1. The van der Waals surface area contributed by atoms with Crippen molar-refractivity contribution < 1.29 is 4.79 Å². The van der Waals surface area contributed by atoms with Gasteiger partial charge < -0.3 is 9.80 Å². The highest BCUT2D eigenvalue weighted by Crippen LogP contribution is 2.32. The average Bonchev–Trinajstić information content (AvgIpc) is 2.67. The number of benzene rings is 2. The molecule has 1 aliphatic heterocycles. The summed E-state index contributed by atoms with van der Waals surface area (Å²) in [7, 11) is 4.12. The van der Waals surface area contributed by atoms with E-state index >= 15 is 0 Å². The monoisotopic (exact) mass is 347 g/mol. The molecule has 0 bridgehead atoms. The zero-order chi connectivity index (χ0) is 18.5. The molecule has 26 heavy (non-hydrogen) atoms. The molecule has 0 aliphatic carbocycles. The van der Waals surface area contributed by atoms with Crippen LogP contribution in [0.4, 0.5) is 0 Å². The maximum Gasteiger partial charge on any atom is 0.254 e. The van der Waals surface area contributed by atoms with E-state index in [1.807, 2.05) is 4.90 Å². The van der Waals surface area contributed by atoms with E-state index in [0.29, 0.717) is 11.1 Å². The Morgan fingerprint density at radius 1 is 1.19 bits per heavy atom. The SMILES string of the molecule is CN(C)Cc1ccc([C@H]2CCCCN2C(=O)c2cccc(C#N)c2)cc1. The van der Waals surface area contributed by atoms with Crippen molar-refractivity contribution in [2.45, 2.75) is 31.8 Å². The van der Waals surface area contributed by atoms with Gasteiger partial charge in [-0.25, -0.2) is 0 Å². The Morgan fingerprint density at radius 3 is 2.65 bits per heavy atom. The molecule has 0 unspecified atom stereocenters. The topological polar surface area (TPSA) is 47.3 Å². The van der Waals surface area contributed by atoms with Crippen molar-refractivity contribution in [3.8, 4) is 6.07 Å². The van der Waals surface area contributed by atoms with Crippen molar-refractivity contribution in [2.24, 2.45) is 0 Å². The van der Waals surface area contributed by atoms with Gasteiger partial charge in [-0.15, -0.1) is 0 Å². The number of nitrogens with zero attached hydrogens (tertiary/aromatic N) is 3. The zero-order valence-corrected chi connectivity index (χ0v) is 15.5. The predicted octanol–water partition coefficient (Wildman–Crippen LogP) is 3.99. The van der Waals surface area contributed by atoms with E-state index in [9.17, 15) is 4.79 Å². The highest BCUT2D eigenvalue weighted by atomic mass is 16.2. The van der Waals surface area contributed by atoms with E-state index in [-0.39, 0.29) is 11.9 Å². The molecule has 0 N–H and O–H groups in total. The lowest BCUT2D eigenvalue weighted by atomic mass is 9.93. The first-order valence-corrected chi connectivity index (χ1v) is 9.13. The summed E-state index contributed by atoms with van der Waals surface area (Å²) >= 11 is 0. The van der Waals surface area contributed by atoms with Crippen LogP contribution in [0.5, 0.6) is 0 Å². The second-order valence-electron chi connectivity index (χ2n) is 7.18. The highest BCUT2D eigenvalue weighted by molar-refractivity contribution is 5.95. The molecular formula is C22H25N3O. The van der Waals surface area contributed by atoms with Gasteiger partial charge in [-0.05, 0) is 62.7 Å². The van der Waals surface area contributed by atoms with E-state index in [1.54, 1.807) is 24.3 Å². The molecule has 1 atom stereocenters. The molecule has 0 aromatic heterocycles. The van der Waals surface area contributed by atoms with Crippen LogP contribution in [-0.2, 0) is 6.54 Å². The summed E-state index contributed by atoms with van der Waals surface area (Å²) in [5.41, 5.74) is 3.59. The Balaban J connectivity index is 1.83. The molecule has 2 aromatic rings. The van der Waals surface area contributed by atoms with Crippen molar-refractivity contribution in [1.29, 1.82) is 5.26 Å². The van der Waals surface area contributed by atoms with E-state index in [1.165, 1.54) is 11.1 Å².